The first kappa shape index (κ1) is 14.6. The molecule has 0 amide bonds. The zero-order chi connectivity index (χ0) is 13.9. The van der Waals surface area contributed by atoms with Gasteiger partial charge in [-0.15, -0.1) is 0 Å². The second-order valence-corrected chi connectivity index (χ2v) is 7.36. The van der Waals surface area contributed by atoms with Crippen molar-refractivity contribution in [1.82, 2.24) is 9.62 Å². The Hall–Kier alpha value is -0.820. The molecule has 2 rings (SSSR count). The van der Waals surface area contributed by atoms with Crippen molar-refractivity contribution in [2.75, 3.05) is 25.9 Å². The lowest BCUT2D eigenvalue weighted by Crippen LogP contribution is -2.47. The van der Waals surface area contributed by atoms with Gasteiger partial charge >= 0.3 is 0 Å². The monoisotopic (exact) mass is 288 g/mol. The van der Waals surface area contributed by atoms with Crippen molar-refractivity contribution in [3.63, 3.8) is 0 Å². The number of nitrogens with one attached hydrogen (secondary N) is 1. The number of rotatable bonds is 4. The molecule has 0 aromatic carbocycles. The molecule has 0 bridgehead atoms. The van der Waals surface area contributed by atoms with Crippen molar-refractivity contribution in [2.45, 2.75) is 38.1 Å². The highest BCUT2D eigenvalue weighted by atomic mass is 32.2. The zero-order valence-electron chi connectivity index (χ0n) is 11.5. The van der Waals surface area contributed by atoms with Crippen LogP contribution in [0.3, 0.4) is 0 Å². The molecule has 110 valence electrons. The number of nitrogens with two attached hydrogens (primary N) is 1. The third-order valence-corrected chi connectivity index (χ3v) is 4.67. The smallest absolute Gasteiger partial charge is 0.208 e. The van der Waals surface area contributed by atoms with Gasteiger partial charge in [-0.05, 0) is 25.2 Å². The van der Waals surface area contributed by atoms with E-state index in [2.05, 4.69) is 14.6 Å². The first-order valence-corrected chi connectivity index (χ1v) is 8.87. The number of guanidine groups is 1. The van der Waals surface area contributed by atoms with Gasteiger partial charge in [0.15, 0.2) is 5.96 Å². The van der Waals surface area contributed by atoms with Crippen LogP contribution in [-0.4, -0.2) is 51.2 Å². The van der Waals surface area contributed by atoms with E-state index in [1.54, 1.807) is 0 Å². The number of aliphatic imine (C=N–C) groups is 1. The fourth-order valence-corrected chi connectivity index (χ4v) is 3.57. The largest absolute Gasteiger partial charge is 0.370 e. The van der Waals surface area contributed by atoms with Crippen molar-refractivity contribution in [3.05, 3.63) is 0 Å². The lowest BCUT2D eigenvalue weighted by atomic mass is 9.85. The molecule has 2 aliphatic rings. The first-order valence-electron chi connectivity index (χ1n) is 6.98. The van der Waals surface area contributed by atoms with Crippen molar-refractivity contribution in [1.29, 1.82) is 0 Å². The van der Waals surface area contributed by atoms with Crippen molar-refractivity contribution < 1.29 is 8.42 Å². The van der Waals surface area contributed by atoms with Gasteiger partial charge in [-0.3, -0.25) is 4.99 Å². The van der Waals surface area contributed by atoms with Crippen LogP contribution in [0.1, 0.15) is 32.1 Å². The summed E-state index contributed by atoms with van der Waals surface area (Å²) in [6.45, 7) is 2.60. The molecule has 1 aliphatic carbocycles. The van der Waals surface area contributed by atoms with Crippen LogP contribution in [0.15, 0.2) is 4.99 Å². The van der Waals surface area contributed by atoms with Crippen LogP contribution in [0, 0.1) is 5.92 Å². The average Bonchev–Trinajstić information content (AvgIpc) is 2.23. The van der Waals surface area contributed by atoms with Crippen LogP contribution in [0.4, 0.5) is 0 Å². The van der Waals surface area contributed by atoms with E-state index in [1.807, 2.05) is 0 Å². The molecule has 1 saturated carbocycles. The SMILES string of the molecule is CS(=O)(=O)NC1CCCCC1CN=C(N)N1CCC1. The summed E-state index contributed by atoms with van der Waals surface area (Å²) in [6.07, 6.45) is 6.54. The molecule has 1 heterocycles. The summed E-state index contributed by atoms with van der Waals surface area (Å²) in [5, 5.41) is 0. The molecule has 2 atom stereocenters. The second-order valence-electron chi connectivity index (χ2n) is 5.58. The van der Waals surface area contributed by atoms with E-state index >= 15 is 0 Å². The predicted octanol–water partition coefficient (Wildman–Crippen LogP) is 0.115. The van der Waals surface area contributed by atoms with E-state index in [-0.39, 0.29) is 12.0 Å². The molecule has 6 nitrogen and oxygen atoms in total. The Labute approximate surface area is 115 Å². The summed E-state index contributed by atoms with van der Waals surface area (Å²) >= 11 is 0. The van der Waals surface area contributed by atoms with Gasteiger partial charge in [0.1, 0.15) is 0 Å². The summed E-state index contributed by atoms with van der Waals surface area (Å²) in [7, 11) is -3.15. The van der Waals surface area contributed by atoms with Crippen molar-refractivity contribution in [3.8, 4) is 0 Å². The van der Waals surface area contributed by atoms with E-state index < -0.39 is 10.0 Å². The summed E-state index contributed by atoms with van der Waals surface area (Å²) < 4.78 is 25.5. The second kappa shape index (κ2) is 6.09. The number of hydrogen-bond acceptors (Lipinski definition) is 3. The summed E-state index contributed by atoms with van der Waals surface area (Å²) in [5.41, 5.74) is 5.91. The van der Waals surface area contributed by atoms with Crippen molar-refractivity contribution >= 4 is 16.0 Å². The number of likely N-dealkylation sites (tertiary alicyclic amines) is 1. The lowest BCUT2D eigenvalue weighted by molar-refractivity contribution is 0.283. The Morgan fingerprint density at radius 1 is 1.32 bits per heavy atom. The van der Waals surface area contributed by atoms with Crippen molar-refractivity contribution in [2.24, 2.45) is 16.6 Å². The minimum Gasteiger partial charge on any atom is -0.370 e. The van der Waals surface area contributed by atoms with Gasteiger partial charge < -0.3 is 10.6 Å². The van der Waals surface area contributed by atoms with E-state index in [0.717, 1.165) is 38.8 Å². The third-order valence-electron chi connectivity index (χ3n) is 3.94. The van der Waals surface area contributed by atoms with Crippen LogP contribution >= 0.6 is 0 Å². The van der Waals surface area contributed by atoms with Gasteiger partial charge in [0, 0.05) is 25.7 Å². The van der Waals surface area contributed by atoms with Crippen LogP contribution in [-0.2, 0) is 10.0 Å². The van der Waals surface area contributed by atoms with Crippen LogP contribution in [0.5, 0.6) is 0 Å². The predicted molar refractivity (Wildman–Crippen MR) is 76.4 cm³/mol. The molecule has 0 aromatic heterocycles. The Morgan fingerprint density at radius 3 is 2.58 bits per heavy atom. The average molecular weight is 288 g/mol. The highest BCUT2D eigenvalue weighted by Gasteiger charge is 2.27. The molecule has 2 fully saturated rings. The number of sulfonamides is 1. The standard InChI is InChI=1S/C12H24N4O2S/c1-19(17,18)15-11-6-3-2-5-10(11)9-14-12(13)16-7-4-8-16/h10-11,15H,2-9H2,1H3,(H2,13,14). The Bertz CT molecular complexity index is 431. The molecule has 3 N–H and O–H groups in total. The van der Waals surface area contributed by atoms with Gasteiger partial charge in [0.2, 0.25) is 10.0 Å². The first-order chi connectivity index (χ1) is 8.96. The fraction of sp³-hybridized carbons (Fsp3) is 0.917. The molecule has 2 unspecified atom stereocenters. The van der Waals surface area contributed by atoms with E-state index in [1.165, 1.54) is 12.7 Å². The maximum atomic E-state index is 11.4. The number of nitrogens with zero attached hydrogens (tertiary/aromatic N) is 2. The van der Waals surface area contributed by atoms with E-state index in [9.17, 15) is 8.42 Å². The minimum absolute atomic E-state index is 0.0108. The Balaban J connectivity index is 1.91. The van der Waals surface area contributed by atoms with Crippen LogP contribution in [0.25, 0.3) is 0 Å². The molecular weight excluding hydrogens is 264 g/mol. The molecule has 19 heavy (non-hydrogen) atoms. The van der Waals surface area contributed by atoms with Crippen LogP contribution < -0.4 is 10.5 Å². The van der Waals surface area contributed by atoms with Crippen LogP contribution in [0.2, 0.25) is 0 Å². The summed E-state index contributed by atoms with van der Waals surface area (Å²) in [6, 6.07) is 0.0108. The van der Waals surface area contributed by atoms with Gasteiger partial charge in [-0.2, -0.15) is 0 Å². The van der Waals surface area contributed by atoms with Gasteiger partial charge in [0.25, 0.3) is 0 Å². The molecule has 0 aromatic rings. The zero-order valence-corrected chi connectivity index (χ0v) is 12.3. The number of hydrogen-bond donors (Lipinski definition) is 2. The third kappa shape index (κ3) is 4.35. The Morgan fingerprint density at radius 2 is 2.00 bits per heavy atom. The molecular formula is C12H24N4O2S. The highest BCUT2D eigenvalue weighted by Crippen LogP contribution is 2.25. The normalized spacial score (nSPS) is 29.1. The summed E-state index contributed by atoms with van der Waals surface area (Å²) in [5.74, 6) is 0.873. The molecule has 1 saturated heterocycles. The summed E-state index contributed by atoms with van der Waals surface area (Å²) in [4.78, 5) is 6.49. The van der Waals surface area contributed by atoms with Gasteiger partial charge in [-0.25, -0.2) is 13.1 Å². The molecule has 7 heteroatoms. The quantitative estimate of drug-likeness (QED) is 0.568. The molecule has 0 spiro atoms. The minimum atomic E-state index is -3.15. The molecule has 0 radical (unpaired) electrons. The molecule has 1 aliphatic heterocycles. The fourth-order valence-electron chi connectivity index (χ4n) is 2.71. The maximum Gasteiger partial charge on any atom is 0.208 e. The Kier molecular flexibility index (Phi) is 4.67. The van der Waals surface area contributed by atoms with E-state index in [4.69, 9.17) is 5.73 Å². The lowest BCUT2D eigenvalue weighted by Gasteiger charge is -2.33. The van der Waals surface area contributed by atoms with E-state index in [0.29, 0.717) is 12.5 Å². The van der Waals surface area contributed by atoms with Gasteiger partial charge in [-0.1, -0.05) is 12.8 Å². The maximum absolute atomic E-state index is 11.4. The highest BCUT2D eigenvalue weighted by molar-refractivity contribution is 7.88. The van der Waals surface area contributed by atoms with Gasteiger partial charge in [0.05, 0.1) is 6.26 Å². The topological polar surface area (TPSA) is 87.8 Å².